The molecule has 33 nitrogen and oxygen atoms in total. The van der Waals surface area contributed by atoms with E-state index >= 15 is 4.79 Å². The number of esters is 3. The lowest BCUT2D eigenvalue weighted by Gasteiger charge is -2.63. The number of fused-ring (bicyclic) bond motifs is 4. The summed E-state index contributed by atoms with van der Waals surface area (Å²) < 4.78 is 96.6. The highest BCUT2D eigenvalue weighted by molar-refractivity contribution is 5.84. The maximum Gasteiger partial charge on any atom is 0.314 e. The molecule has 11 rings (SSSR count). The molecule has 37 atom stereocenters. The van der Waals surface area contributed by atoms with Gasteiger partial charge in [0, 0.05) is 21.0 Å². The summed E-state index contributed by atoms with van der Waals surface area (Å²) in [5.74, 6) is -2.11. The van der Waals surface area contributed by atoms with Crippen molar-refractivity contribution in [3.05, 3.63) is 11.6 Å². The van der Waals surface area contributed by atoms with E-state index in [9.17, 15) is 81.1 Å². The first-order chi connectivity index (χ1) is 47.5. The van der Waals surface area contributed by atoms with E-state index in [2.05, 4.69) is 47.6 Å². The van der Waals surface area contributed by atoms with Gasteiger partial charge in [0.15, 0.2) is 43.3 Å². The van der Waals surface area contributed by atoms with Crippen LogP contribution in [0, 0.1) is 45.3 Å². The van der Waals surface area contributed by atoms with E-state index in [0.29, 0.717) is 44.9 Å². The Kier molecular flexibility index (Phi) is 24.0. The van der Waals surface area contributed by atoms with Crippen LogP contribution in [0.3, 0.4) is 0 Å². The molecule has 11 aliphatic rings. The minimum absolute atomic E-state index is 0.0922. The Morgan fingerprint density at radius 3 is 1.78 bits per heavy atom. The number of rotatable bonds is 21. The molecule has 0 amide bonds. The van der Waals surface area contributed by atoms with Crippen LogP contribution < -0.4 is 0 Å². The van der Waals surface area contributed by atoms with Gasteiger partial charge in [-0.05, 0) is 99.2 Å². The van der Waals surface area contributed by atoms with Crippen LogP contribution >= 0.6 is 0 Å². The third kappa shape index (κ3) is 14.1. The van der Waals surface area contributed by atoms with Crippen molar-refractivity contribution in [2.75, 3.05) is 40.1 Å². The Morgan fingerprint density at radius 2 is 1.14 bits per heavy atom. The van der Waals surface area contributed by atoms with Crippen molar-refractivity contribution in [3.8, 4) is 0 Å². The molecule has 0 aromatic heterocycles. The number of methoxy groups -OCH3 is 1. The second-order valence-electron chi connectivity index (χ2n) is 31.4. The van der Waals surface area contributed by atoms with E-state index in [0.717, 1.165) is 0 Å². The summed E-state index contributed by atoms with van der Waals surface area (Å²) in [4.78, 5) is 41.0. The standard InChI is InChI=1S/C68H108O33/c1-26(2)12-15-40(92-29(5)72)67(10)56-33(91-28(4)71)20-66(9)31-13-14-38-64(6,7)39(17-18-65(38,8)30(31)16-19-68(56,66)63(85)101-67)97-62-55(44(77)37(25-89-62)95-57-47(80)42(75)36(24-88-57)96-60-48(81)45(78)41(74)34(21-69)93-60)100-59-49(82)46(79)52(27(3)90-59)98-58-50(83)53(32(73)23-87-58)99-61-51(84)54(86-11)43(76)35(22-70)94-61/h16,26-27,31-62,69-70,73-84H,12-15,17-25H2,1-11H3/t27-,31-,32-,33+,34-,35-,36-,37-,38+,39+,40-,41-,42+,43-,44+,45+,46-,47-,48-,49-,50-,51-,52-,53+,54+,55-,56-,57+,58+,59+,60+,61+,62+,65-,66+,67+,68?/m1/s1. The molecule has 0 radical (unpaired) electrons. The zero-order chi connectivity index (χ0) is 73.7. The lowest BCUT2D eigenvalue weighted by Crippen LogP contribution is -2.66. The summed E-state index contributed by atoms with van der Waals surface area (Å²) in [5, 5.41) is 154. The van der Waals surface area contributed by atoms with Gasteiger partial charge in [0.25, 0.3) is 0 Å². The molecule has 0 aromatic carbocycles. The van der Waals surface area contributed by atoms with E-state index in [-0.39, 0.29) is 24.2 Å². The van der Waals surface area contributed by atoms with Crippen molar-refractivity contribution in [1.82, 2.24) is 0 Å². The van der Waals surface area contributed by atoms with Gasteiger partial charge >= 0.3 is 17.9 Å². The minimum Gasteiger partial charge on any atom is -0.462 e. The Labute approximate surface area is 585 Å². The van der Waals surface area contributed by atoms with Gasteiger partial charge < -0.3 is 147 Å². The molecule has 7 aliphatic heterocycles. The Balaban J connectivity index is 0.822. The first-order valence-electron chi connectivity index (χ1n) is 35.5. The molecule has 14 N–H and O–H groups in total. The highest BCUT2D eigenvalue weighted by Crippen LogP contribution is 2.76. The highest BCUT2D eigenvalue weighted by Gasteiger charge is 2.81. The van der Waals surface area contributed by atoms with Crippen molar-refractivity contribution >= 4 is 17.9 Å². The van der Waals surface area contributed by atoms with E-state index in [1.54, 1.807) is 0 Å². The molecule has 33 heteroatoms. The van der Waals surface area contributed by atoms with Gasteiger partial charge in [-0.15, -0.1) is 0 Å². The predicted octanol–water partition coefficient (Wildman–Crippen LogP) is -3.30. The number of aliphatic hydroxyl groups excluding tert-OH is 14. The van der Waals surface area contributed by atoms with E-state index in [4.69, 9.17) is 75.8 Å². The highest BCUT2D eigenvalue weighted by atomic mass is 16.8. The summed E-state index contributed by atoms with van der Waals surface area (Å²) in [6.45, 7) is 15.6. The van der Waals surface area contributed by atoms with Crippen LogP contribution in [-0.2, 0) is 90.2 Å². The fraction of sp³-hybridized carbons (Fsp3) is 0.926. The number of hydrogen-bond acceptors (Lipinski definition) is 33. The number of carbonyl (C=O) groups is 3. The molecule has 1 spiro atoms. The summed E-state index contributed by atoms with van der Waals surface area (Å²) >= 11 is 0. The maximum absolute atomic E-state index is 15.1. The van der Waals surface area contributed by atoms with Crippen molar-refractivity contribution in [1.29, 1.82) is 0 Å². The van der Waals surface area contributed by atoms with Crippen LogP contribution in [0.15, 0.2) is 11.6 Å². The lowest BCUT2D eigenvalue weighted by atomic mass is 9.41. The SMILES string of the molecule is CO[C@@H]1[C@@H](O)[C@H](O[C@@H]2[C@@H](O)[C@H](O[C@H]3[C@H](O)[C@@H](O)[C@H](O[C@H]4[C@H](O[C@H]5CC[C@]6(C)C7=CCC89C(=O)O[C@@](C)([C@@H](CCC(C)C)OC(C)=O)[C@H]8[C@@H](OC(C)=O)C[C@@]9(C)[C@@H]7CC[C@H]6C5(C)C)OC[C@@H](O[C@@H]5OC[C@@H](O[C@@H]6O[C@H](CO)[C@@H](O)[C@H](O)[C@H]6O)[C@H](O)[C@H]5O)[C@@H]4O)O[C@@H]3C)OC[C@H]2O)O[C@H](CO)[C@H]1O. The average Bonchev–Trinajstić information content (AvgIpc) is 1.50. The molecule has 578 valence electrons. The summed E-state index contributed by atoms with van der Waals surface area (Å²) in [6.07, 6.45) is -40.6. The molecular weight excluding hydrogens is 1340 g/mol. The van der Waals surface area contributed by atoms with E-state index < -0.39 is 268 Å². The third-order valence-electron chi connectivity index (χ3n) is 24.5. The van der Waals surface area contributed by atoms with E-state index in [1.165, 1.54) is 33.5 Å². The number of carbonyl (C=O) groups excluding carboxylic acids is 3. The quantitative estimate of drug-likeness (QED) is 0.0232. The summed E-state index contributed by atoms with van der Waals surface area (Å²) in [6, 6.07) is 0. The van der Waals surface area contributed by atoms with Crippen LogP contribution in [0.1, 0.15) is 121 Å². The van der Waals surface area contributed by atoms with Crippen LogP contribution in [0.2, 0.25) is 0 Å². The largest absolute Gasteiger partial charge is 0.462 e. The zero-order valence-corrected chi connectivity index (χ0v) is 58.9. The van der Waals surface area contributed by atoms with Gasteiger partial charge in [-0.2, -0.15) is 0 Å². The number of aliphatic hydroxyl groups is 14. The molecule has 3 saturated carbocycles. The first kappa shape index (κ1) is 79.1. The normalized spacial score (nSPS) is 50.8. The molecule has 0 aromatic rings. The smallest absolute Gasteiger partial charge is 0.314 e. The molecule has 10 fully saturated rings. The molecule has 0 bridgehead atoms. The van der Waals surface area contributed by atoms with Crippen molar-refractivity contribution in [2.45, 2.75) is 310 Å². The summed E-state index contributed by atoms with van der Waals surface area (Å²) in [5.41, 5.74) is -3.28. The van der Waals surface area contributed by atoms with Gasteiger partial charge in [0.2, 0.25) is 0 Å². The minimum atomic E-state index is -2.02. The van der Waals surface area contributed by atoms with E-state index in [1.807, 2.05) is 6.92 Å². The second kappa shape index (κ2) is 30.6. The second-order valence-corrected chi connectivity index (χ2v) is 31.4. The van der Waals surface area contributed by atoms with Crippen LogP contribution in [0.4, 0.5) is 0 Å². The first-order valence-corrected chi connectivity index (χ1v) is 35.5. The number of cyclic esters (lactones) is 1. The Bertz CT molecular complexity index is 2890. The predicted molar refractivity (Wildman–Crippen MR) is 336 cm³/mol. The molecular formula is C68H108O33. The molecule has 1 unspecified atom stereocenters. The monoisotopic (exact) mass is 1450 g/mol. The van der Waals surface area contributed by atoms with Gasteiger partial charge in [0.05, 0.1) is 56.6 Å². The zero-order valence-electron chi connectivity index (χ0n) is 58.9. The maximum atomic E-state index is 15.1. The molecule has 101 heavy (non-hydrogen) atoms. The van der Waals surface area contributed by atoms with Crippen molar-refractivity contribution in [3.63, 3.8) is 0 Å². The van der Waals surface area contributed by atoms with Gasteiger partial charge in [0.1, 0.15) is 134 Å². The number of hydrogen-bond donors (Lipinski definition) is 14. The van der Waals surface area contributed by atoms with Crippen LogP contribution in [-0.4, -0.2) is 319 Å². The fourth-order valence-electron chi connectivity index (χ4n) is 19.2. The topological polar surface area (TPSA) is 482 Å². The fourth-order valence-corrected chi connectivity index (χ4v) is 19.2. The number of ether oxygens (including phenoxy) is 16. The van der Waals surface area contributed by atoms with Gasteiger partial charge in [-0.1, -0.05) is 53.2 Å². The van der Waals surface area contributed by atoms with Crippen molar-refractivity contribution in [2.24, 2.45) is 45.3 Å². The Morgan fingerprint density at radius 1 is 0.574 bits per heavy atom. The lowest BCUT2D eigenvalue weighted by molar-refractivity contribution is -0.390. The molecule has 7 saturated heterocycles. The molecule has 7 heterocycles. The van der Waals surface area contributed by atoms with Gasteiger partial charge in [-0.25, -0.2) is 0 Å². The van der Waals surface area contributed by atoms with Crippen molar-refractivity contribution < 1.29 is 162 Å². The average molecular weight is 1450 g/mol. The summed E-state index contributed by atoms with van der Waals surface area (Å²) in [7, 11) is 1.20. The Hall–Kier alpha value is -2.93. The third-order valence-corrected chi connectivity index (χ3v) is 24.5. The number of allylic oxidation sites excluding steroid dienone is 2. The van der Waals surface area contributed by atoms with Gasteiger partial charge in [-0.3, -0.25) is 14.4 Å². The molecule has 4 aliphatic carbocycles. The van der Waals surface area contributed by atoms with Crippen LogP contribution in [0.5, 0.6) is 0 Å². The van der Waals surface area contributed by atoms with Crippen LogP contribution in [0.25, 0.3) is 0 Å².